The monoisotopic (exact) mass is 308 g/mol. The number of furan rings is 1. The first-order chi connectivity index (χ1) is 10.2. The van der Waals surface area contributed by atoms with Gasteiger partial charge in [0.25, 0.3) is 5.91 Å². The van der Waals surface area contributed by atoms with Crippen LogP contribution < -0.4 is 5.32 Å². The van der Waals surface area contributed by atoms with Crippen molar-refractivity contribution in [3.05, 3.63) is 35.8 Å². The Labute approximate surface area is 128 Å². The highest BCUT2D eigenvalue weighted by atomic mass is 32.2. The van der Waals surface area contributed by atoms with Crippen molar-refractivity contribution in [2.24, 2.45) is 0 Å². The zero-order valence-corrected chi connectivity index (χ0v) is 13.3. The molecule has 2 aromatic rings. The van der Waals surface area contributed by atoms with Crippen molar-refractivity contribution in [3.63, 3.8) is 0 Å². The van der Waals surface area contributed by atoms with E-state index >= 15 is 0 Å². The van der Waals surface area contributed by atoms with E-state index in [2.05, 4.69) is 15.4 Å². The number of nitrogens with one attached hydrogen (secondary N) is 1. The molecule has 1 amide bonds. The molecule has 7 heteroatoms. The third-order valence-corrected chi connectivity index (χ3v) is 3.72. The maximum absolute atomic E-state index is 12.3. The molecule has 1 atom stereocenters. The summed E-state index contributed by atoms with van der Waals surface area (Å²) >= 11 is 1.65. The number of thioether (sulfide) groups is 1. The van der Waals surface area contributed by atoms with Gasteiger partial charge in [0.15, 0.2) is 5.76 Å². The zero-order chi connectivity index (χ0) is 15.2. The summed E-state index contributed by atoms with van der Waals surface area (Å²) in [4.78, 5) is 16.5. The molecule has 2 heterocycles. The highest BCUT2D eigenvalue weighted by Crippen LogP contribution is 2.17. The maximum Gasteiger partial charge on any atom is 0.287 e. The minimum absolute atomic E-state index is 0.172. The van der Waals surface area contributed by atoms with Crippen LogP contribution in [0.15, 0.2) is 22.9 Å². The van der Waals surface area contributed by atoms with Crippen molar-refractivity contribution in [3.8, 4) is 0 Å². The average molecular weight is 308 g/mol. The third kappa shape index (κ3) is 3.66. The van der Waals surface area contributed by atoms with Gasteiger partial charge in [-0.05, 0) is 31.7 Å². The normalized spacial score (nSPS) is 12.3. The second kappa shape index (κ2) is 7.31. The number of aromatic nitrogens is 3. The molecule has 0 radical (unpaired) electrons. The Morgan fingerprint density at radius 1 is 1.48 bits per heavy atom. The van der Waals surface area contributed by atoms with Crippen molar-refractivity contribution >= 4 is 17.7 Å². The van der Waals surface area contributed by atoms with Gasteiger partial charge in [0.1, 0.15) is 17.9 Å². The van der Waals surface area contributed by atoms with E-state index in [1.165, 1.54) is 6.33 Å². The molecule has 0 fully saturated rings. The van der Waals surface area contributed by atoms with Crippen molar-refractivity contribution in [2.45, 2.75) is 38.6 Å². The van der Waals surface area contributed by atoms with Crippen LogP contribution in [0.2, 0.25) is 0 Å². The van der Waals surface area contributed by atoms with Crippen molar-refractivity contribution < 1.29 is 9.21 Å². The molecule has 0 aliphatic heterocycles. The summed E-state index contributed by atoms with van der Waals surface area (Å²) in [5, 5.41) is 7.09. The lowest BCUT2D eigenvalue weighted by molar-refractivity contribution is 0.0903. The summed E-state index contributed by atoms with van der Waals surface area (Å²) in [6, 6.07) is 3.37. The number of carbonyl (C=O) groups excluding carboxylic acids is 1. The standard InChI is InChI=1S/C14H20N4O2S/c1-4-11(13-15-9-16-18(13)5-2)17-14(19)12-7-6-10(20-12)8-21-3/h6-7,9,11H,4-5,8H2,1-3H3,(H,17,19)/t11-/m0/s1. The number of aryl methyl sites for hydroxylation is 1. The van der Waals surface area contributed by atoms with Crippen LogP contribution in [0.3, 0.4) is 0 Å². The Kier molecular flexibility index (Phi) is 5.44. The smallest absolute Gasteiger partial charge is 0.287 e. The molecule has 6 nitrogen and oxygen atoms in total. The molecular formula is C14H20N4O2S. The van der Waals surface area contributed by atoms with Gasteiger partial charge >= 0.3 is 0 Å². The second-order valence-corrected chi connectivity index (χ2v) is 5.43. The molecule has 0 aliphatic rings. The Hall–Kier alpha value is -1.76. The number of rotatable bonds is 7. The molecule has 0 aromatic carbocycles. The minimum atomic E-state index is -0.222. The van der Waals surface area contributed by atoms with E-state index in [-0.39, 0.29) is 11.9 Å². The Morgan fingerprint density at radius 3 is 2.95 bits per heavy atom. The fraction of sp³-hybridized carbons (Fsp3) is 0.500. The fourth-order valence-corrected chi connectivity index (χ4v) is 2.52. The van der Waals surface area contributed by atoms with E-state index in [0.29, 0.717) is 5.76 Å². The van der Waals surface area contributed by atoms with Gasteiger partial charge in [-0.1, -0.05) is 6.92 Å². The quantitative estimate of drug-likeness (QED) is 0.851. The van der Waals surface area contributed by atoms with Gasteiger partial charge in [-0.3, -0.25) is 4.79 Å². The van der Waals surface area contributed by atoms with Crippen LogP contribution in [0.4, 0.5) is 0 Å². The Bertz CT molecular complexity index is 593. The maximum atomic E-state index is 12.3. The first kappa shape index (κ1) is 15.6. The summed E-state index contributed by atoms with van der Waals surface area (Å²) in [7, 11) is 0. The van der Waals surface area contributed by atoms with Gasteiger partial charge in [-0.15, -0.1) is 0 Å². The highest BCUT2D eigenvalue weighted by Gasteiger charge is 2.20. The van der Waals surface area contributed by atoms with Crippen LogP contribution in [0, 0.1) is 0 Å². The van der Waals surface area contributed by atoms with E-state index in [4.69, 9.17) is 4.42 Å². The van der Waals surface area contributed by atoms with Crippen LogP contribution >= 0.6 is 11.8 Å². The first-order valence-corrected chi connectivity index (χ1v) is 8.35. The predicted octanol–water partition coefficient (Wildman–Crippen LogP) is 2.64. The molecule has 2 rings (SSSR count). The molecule has 114 valence electrons. The lowest BCUT2D eigenvalue weighted by Crippen LogP contribution is -2.30. The van der Waals surface area contributed by atoms with Gasteiger partial charge in [0.2, 0.25) is 0 Å². The minimum Gasteiger partial charge on any atom is -0.455 e. The number of hydrogen-bond acceptors (Lipinski definition) is 5. The lowest BCUT2D eigenvalue weighted by Gasteiger charge is -2.16. The van der Waals surface area contributed by atoms with Crippen molar-refractivity contribution in [1.29, 1.82) is 0 Å². The van der Waals surface area contributed by atoms with E-state index in [0.717, 1.165) is 30.3 Å². The van der Waals surface area contributed by atoms with Crippen LogP contribution in [0.1, 0.15) is 48.4 Å². The molecule has 0 saturated carbocycles. The van der Waals surface area contributed by atoms with Gasteiger partial charge in [-0.2, -0.15) is 16.9 Å². The van der Waals surface area contributed by atoms with Gasteiger partial charge in [-0.25, -0.2) is 9.67 Å². The molecule has 2 aromatic heterocycles. The van der Waals surface area contributed by atoms with Crippen LogP contribution in [-0.4, -0.2) is 26.9 Å². The van der Waals surface area contributed by atoms with Crippen LogP contribution in [0.25, 0.3) is 0 Å². The molecule has 1 N–H and O–H groups in total. The molecular weight excluding hydrogens is 288 g/mol. The number of amides is 1. The topological polar surface area (TPSA) is 73.0 Å². The van der Waals surface area contributed by atoms with E-state index in [9.17, 15) is 4.79 Å². The van der Waals surface area contributed by atoms with E-state index < -0.39 is 0 Å². The van der Waals surface area contributed by atoms with Crippen molar-refractivity contribution in [2.75, 3.05) is 6.26 Å². The van der Waals surface area contributed by atoms with Gasteiger partial charge < -0.3 is 9.73 Å². The van der Waals surface area contributed by atoms with E-state index in [1.54, 1.807) is 22.5 Å². The SMILES string of the molecule is CC[C@H](NC(=O)c1ccc(CSC)o1)c1ncnn1CC. The number of nitrogens with zero attached hydrogens (tertiary/aromatic N) is 3. The summed E-state index contributed by atoms with van der Waals surface area (Å²) in [6.45, 7) is 4.72. The largest absolute Gasteiger partial charge is 0.455 e. The summed E-state index contributed by atoms with van der Waals surface area (Å²) < 4.78 is 7.32. The van der Waals surface area contributed by atoms with Crippen LogP contribution in [0.5, 0.6) is 0 Å². The summed E-state index contributed by atoms with van der Waals surface area (Å²) in [5.41, 5.74) is 0. The molecule has 0 aliphatic carbocycles. The third-order valence-electron chi connectivity index (χ3n) is 3.14. The Morgan fingerprint density at radius 2 is 2.29 bits per heavy atom. The van der Waals surface area contributed by atoms with Gasteiger partial charge in [0.05, 0.1) is 11.8 Å². The first-order valence-electron chi connectivity index (χ1n) is 6.95. The Balaban J connectivity index is 2.08. The lowest BCUT2D eigenvalue weighted by atomic mass is 10.2. The molecule has 0 spiro atoms. The predicted molar refractivity (Wildman–Crippen MR) is 82.1 cm³/mol. The van der Waals surface area contributed by atoms with E-state index in [1.807, 2.05) is 26.2 Å². The highest BCUT2D eigenvalue weighted by molar-refractivity contribution is 7.97. The van der Waals surface area contributed by atoms with Crippen molar-refractivity contribution in [1.82, 2.24) is 20.1 Å². The molecule has 0 saturated heterocycles. The molecule has 21 heavy (non-hydrogen) atoms. The molecule has 0 unspecified atom stereocenters. The average Bonchev–Trinajstić information content (AvgIpc) is 3.13. The number of hydrogen-bond donors (Lipinski definition) is 1. The number of carbonyl (C=O) groups is 1. The summed E-state index contributed by atoms with van der Waals surface area (Å²) in [6.07, 6.45) is 4.24. The zero-order valence-electron chi connectivity index (χ0n) is 12.5. The molecule has 0 bridgehead atoms. The fourth-order valence-electron chi connectivity index (χ4n) is 2.08. The van der Waals surface area contributed by atoms with Gasteiger partial charge in [0, 0.05) is 6.54 Å². The second-order valence-electron chi connectivity index (χ2n) is 4.57. The summed E-state index contributed by atoms with van der Waals surface area (Å²) in [5.74, 6) is 2.44. The van der Waals surface area contributed by atoms with Crippen LogP contribution in [-0.2, 0) is 12.3 Å².